The number of Topliss-reactive ketones (excluding diaryl/α,β-unsaturated/α-hetero) is 1. The van der Waals surface area contributed by atoms with Crippen LogP contribution in [0.2, 0.25) is 0 Å². The molecule has 0 saturated heterocycles. The normalized spacial score (nSPS) is 22.2. The molecule has 5 heteroatoms. The van der Waals surface area contributed by atoms with Gasteiger partial charge in [0.2, 0.25) is 0 Å². The summed E-state index contributed by atoms with van der Waals surface area (Å²) in [5.74, 6) is -1.41. The zero-order valence-electron chi connectivity index (χ0n) is 9.39. The van der Waals surface area contributed by atoms with Crippen molar-refractivity contribution in [3.8, 4) is 5.75 Å². The van der Waals surface area contributed by atoms with Crippen LogP contribution in [0, 0.1) is 17.0 Å². The third-order valence-corrected chi connectivity index (χ3v) is 3.71. The minimum atomic E-state index is -0.771. The molecule has 0 spiro atoms. The maximum atomic E-state index is 13.5. The van der Waals surface area contributed by atoms with Crippen molar-refractivity contribution >= 4 is 21.7 Å². The first-order valence-corrected chi connectivity index (χ1v) is 5.96. The van der Waals surface area contributed by atoms with Gasteiger partial charge in [0.1, 0.15) is 17.7 Å². The summed E-state index contributed by atoms with van der Waals surface area (Å²) in [5, 5.41) is 0. The van der Waals surface area contributed by atoms with E-state index in [-0.39, 0.29) is 28.5 Å². The molecule has 2 nitrogen and oxygen atoms in total. The monoisotopic (exact) mass is 304 g/mol. The molecule has 1 unspecified atom stereocenters. The Morgan fingerprint density at radius 2 is 2.06 bits per heavy atom. The van der Waals surface area contributed by atoms with E-state index in [0.717, 1.165) is 12.1 Å². The zero-order valence-corrected chi connectivity index (χ0v) is 11.0. The van der Waals surface area contributed by atoms with Gasteiger partial charge in [-0.3, -0.25) is 4.79 Å². The number of hydrogen-bond donors (Lipinski definition) is 0. The van der Waals surface area contributed by atoms with Gasteiger partial charge >= 0.3 is 0 Å². The van der Waals surface area contributed by atoms with E-state index in [1.165, 1.54) is 0 Å². The van der Waals surface area contributed by atoms with Gasteiger partial charge in [-0.15, -0.1) is 0 Å². The molecule has 2 rings (SSSR count). The van der Waals surface area contributed by atoms with Crippen LogP contribution >= 0.6 is 15.9 Å². The summed E-state index contributed by atoms with van der Waals surface area (Å²) >= 11 is 3.04. The Bertz CT molecular complexity index is 462. The van der Waals surface area contributed by atoms with E-state index in [0.29, 0.717) is 0 Å². The highest BCUT2D eigenvalue weighted by atomic mass is 79.9. The van der Waals surface area contributed by atoms with Crippen LogP contribution in [0.4, 0.5) is 8.78 Å². The number of rotatable bonds is 2. The highest BCUT2D eigenvalue weighted by molar-refractivity contribution is 9.10. The second kappa shape index (κ2) is 4.05. The van der Waals surface area contributed by atoms with Crippen molar-refractivity contribution in [2.75, 3.05) is 0 Å². The van der Waals surface area contributed by atoms with Crippen molar-refractivity contribution in [3.05, 3.63) is 28.2 Å². The van der Waals surface area contributed by atoms with Gasteiger partial charge in [0.15, 0.2) is 11.6 Å². The smallest absolute Gasteiger partial charge is 0.169 e. The van der Waals surface area contributed by atoms with Gasteiger partial charge in [-0.2, -0.15) is 0 Å². The topological polar surface area (TPSA) is 26.3 Å². The van der Waals surface area contributed by atoms with Gasteiger partial charge < -0.3 is 4.74 Å². The van der Waals surface area contributed by atoms with Gasteiger partial charge in [0.25, 0.3) is 0 Å². The Kier molecular flexibility index (Phi) is 2.97. The molecule has 0 amide bonds. The fraction of sp³-hybridized carbons (Fsp3) is 0.417. The third kappa shape index (κ3) is 2.08. The summed E-state index contributed by atoms with van der Waals surface area (Å²) in [5.41, 5.74) is -0.611. The summed E-state index contributed by atoms with van der Waals surface area (Å²) in [4.78, 5) is 11.3. The van der Waals surface area contributed by atoms with E-state index in [4.69, 9.17) is 4.74 Å². The van der Waals surface area contributed by atoms with Crippen LogP contribution in [0.15, 0.2) is 16.6 Å². The molecule has 0 heterocycles. The highest BCUT2D eigenvalue weighted by Crippen LogP contribution is 2.41. The van der Waals surface area contributed by atoms with Crippen LogP contribution in [0.1, 0.15) is 20.3 Å². The Labute approximate surface area is 106 Å². The molecule has 1 atom stereocenters. The van der Waals surface area contributed by atoms with Crippen LogP contribution in [0.5, 0.6) is 5.75 Å². The molecule has 0 N–H and O–H groups in total. The SMILES string of the molecule is CC1(C)C(=O)CC1Oc1c(F)cc(F)cc1Br. The lowest BCUT2D eigenvalue weighted by Crippen LogP contribution is -2.53. The number of ether oxygens (including phenoxy) is 1. The van der Waals surface area contributed by atoms with Crippen molar-refractivity contribution in [1.82, 2.24) is 0 Å². The number of halogens is 3. The Balaban J connectivity index is 2.24. The number of carbonyl (C=O) groups excluding carboxylic acids is 1. The fourth-order valence-corrected chi connectivity index (χ4v) is 2.21. The molecule has 1 saturated carbocycles. The minimum Gasteiger partial charge on any atom is -0.485 e. The van der Waals surface area contributed by atoms with Crippen molar-refractivity contribution in [2.45, 2.75) is 26.4 Å². The second-order valence-corrected chi connectivity index (χ2v) is 5.51. The minimum absolute atomic E-state index is 0.0445. The number of benzene rings is 1. The first-order valence-electron chi connectivity index (χ1n) is 5.17. The molecular weight excluding hydrogens is 294 g/mol. The Morgan fingerprint density at radius 1 is 1.41 bits per heavy atom. The molecule has 0 aliphatic heterocycles. The molecule has 1 fully saturated rings. The summed E-state index contributed by atoms with van der Waals surface area (Å²) in [6.07, 6.45) is -0.109. The van der Waals surface area contributed by atoms with E-state index in [1.807, 2.05) is 0 Å². The fourth-order valence-electron chi connectivity index (χ4n) is 1.71. The number of ketones is 1. The van der Waals surface area contributed by atoms with E-state index >= 15 is 0 Å². The molecule has 92 valence electrons. The highest BCUT2D eigenvalue weighted by Gasteiger charge is 2.49. The lowest BCUT2D eigenvalue weighted by molar-refractivity contribution is -0.148. The quantitative estimate of drug-likeness (QED) is 0.836. The van der Waals surface area contributed by atoms with Crippen LogP contribution in [0.25, 0.3) is 0 Å². The largest absolute Gasteiger partial charge is 0.485 e. The average Bonchev–Trinajstić information content (AvgIpc) is 2.21. The van der Waals surface area contributed by atoms with Gasteiger partial charge in [-0.05, 0) is 35.8 Å². The maximum Gasteiger partial charge on any atom is 0.169 e. The van der Waals surface area contributed by atoms with Crippen molar-refractivity contribution < 1.29 is 18.3 Å². The predicted molar refractivity (Wildman–Crippen MR) is 61.9 cm³/mol. The zero-order chi connectivity index (χ0) is 12.8. The molecule has 0 aromatic heterocycles. The average molecular weight is 305 g/mol. The van der Waals surface area contributed by atoms with Crippen molar-refractivity contribution in [2.24, 2.45) is 5.41 Å². The lowest BCUT2D eigenvalue weighted by Gasteiger charge is -2.42. The van der Waals surface area contributed by atoms with E-state index in [9.17, 15) is 13.6 Å². The summed E-state index contributed by atoms with van der Waals surface area (Å²) < 4.78 is 32.0. The van der Waals surface area contributed by atoms with E-state index in [1.54, 1.807) is 13.8 Å². The van der Waals surface area contributed by atoms with Crippen LogP contribution in [0.3, 0.4) is 0 Å². The molecule has 0 radical (unpaired) electrons. The Morgan fingerprint density at radius 3 is 2.53 bits per heavy atom. The van der Waals surface area contributed by atoms with Crippen LogP contribution in [-0.4, -0.2) is 11.9 Å². The molecule has 1 aliphatic carbocycles. The van der Waals surface area contributed by atoms with Crippen molar-refractivity contribution in [1.29, 1.82) is 0 Å². The summed E-state index contributed by atoms with van der Waals surface area (Å²) in [6, 6.07) is 1.89. The second-order valence-electron chi connectivity index (χ2n) is 4.65. The number of carbonyl (C=O) groups is 1. The molecule has 1 aromatic rings. The lowest BCUT2D eigenvalue weighted by atomic mass is 9.68. The molecule has 1 aromatic carbocycles. The van der Waals surface area contributed by atoms with Crippen LogP contribution in [-0.2, 0) is 4.79 Å². The van der Waals surface area contributed by atoms with E-state index in [2.05, 4.69) is 15.9 Å². The summed E-state index contributed by atoms with van der Waals surface area (Å²) in [7, 11) is 0. The molecular formula is C12H11BrF2O2. The van der Waals surface area contributed by atoms with Gasteiger partial charge in [-0.1, -0.05) is 0 Å². The summed E-state index contributed by atoms with van der Waals surface area (Å²) in [6.45, 7) is 3.50. The van der Waals surface area contributed by atoms with Crippen LogP contribution < -0.4 is 4.74 Å². The first kappa shape index (κ1) is 12.5. The van der Waals surface area contributed by atoms with Gasteiger partial charge in [0.05, 0.1) is 9.89 Å². The molecule has 17 heavy (non-hydrogen) atoms. The number of hydrogen-bond acceptors (Lipinski definition) is 2. The third-order valence-electron chi connectivity index (χ3n) is 3.12. The van der Waals surface area contributed by atoms with E-state index < -0.39 is 17.0 Å². The Hall–Kier alpha value is -0.970. The standard InChI is InChI=1S/C12H11BrF2O2/c1-12(2)9(16)5-10(12)17-11-7(13)3-6(14)4-8(11)15/h3-4,10H,5H2,1-2H3. The maximum absolute atomic E-state index is 13.5. The van der Waals surface area contributed by atoms with Gasteiger partial charge in [-0.25, -0.2) is 8.78 Å². The molecule has 1 aliphatic rings. The first-order chi connectivity index (χ1) is 7.82. The molecule has 0 bridgehead atoms. The van der Waals surface area contributed by atoms with Gasteiger partial charge in [0, 0.05) is 12.5 Å². The predicted octanol–water partition coefficient (Wildman–Crippen LogP) is 3.47. The van der Waals surface area contributed by atoms with Crippen molar-refractivity contribution in [3.63, 3.8) is 0 Å².